The molecular weight excluding hydrogens is 264 g/mol. The van der Waals surface area contributed by atoms with Gasteiger partial charge in [0.1, 0.15) is 10.4 Å². The molecular formula is C12H20N4O2S. The van der Waals surface area contributed by atoms with Crippen LogP contribution in [0.5, 0.6) is 0 Å². The number of rotatable bonds is 5. The van der Waals surface area contributed by atoms with Crippen molar-refractivity contribution in [2.75, 3.05) is 0 Å². The van der Waals surface area contributed by atoms with Gasteiger partial charge in [0.2, 0.25) is 5.91 Å². The quantitative estimate of drug-likeness (QED) is 0.332. The van der Waals surface area contributed by atoms with Gasteiger partial charge >= 0.3 is 0 Å². The zero-order valence-corrected chi connectivity index (χ0v) is 12.4. The molecule has 1 amide bonds. The molecule has 2 atom stereocenters. The third-order valence-electron chi connectivity index (χ3n) is 3.24. The number of amidine groups is 1. The Morgan fingerprint density at radius 1 is 1.74 bits per heavy atom. The fourth-order valence-electron chi connectivity index (χ4n) is 1.56. The second-order valence-corrected chi connectivity index (χ2v) is 5.94. The van der Waals surface area contributed by atoms with Crippen molar-refractivity contribution in [1.82, 2.24) is 10.3 Å². The van der Waals surface area contributed by atoms with E-state index < -0.39 is 5.41 Å². The molecule has 0 bridgehead atoms. The Kier molecular flexibility index (Phi) is 4.88. The van der Waals surface area contributed by atoms with Crippen LogP contribution >= 0.6 is 11.3 Å². The normalized spacial score (nSPS) is 16.7. The molecule has 0 fully saturated rings. The van der Waals surface area contributed by atoms with Crippen molar-refractivity contribution in [3.8, 4) is 0 Å². The number of carbonyl (C=O) groups excluding carboxylic acids is 1. The zero-order chi connectivity index (χ0) is 14.6. The fraction of sp³-hybridized carbons (Fsp3) is 0.583. The summed E-state index contributed by atoms with van der Waals surface area (Å²) in [5.74, 6) is -0.360. The molecule has 0 saturated heterocycles. The Morgan fingerprint density at radius 3 is 2.79 bits per heavy atom. The van der Waals surface area contributed by atoms with Crippen LogP contribution in [0.3, 0.4) is 0 Å². The molecule has 1 rings (SSSR count). The maximum absolute atomic E-state index is 12.3. The fourth-order valence-corrected chi connectivity index (χ4v) is 2.33. The van der Waals surface area contributed by atoms with E-state index in [2.05, 4.69) is 15.5 Å². The Bertz CT molecular complexity index is 486. The average molecular weight is 284 g/mol. The van der Waals surface area contributed by atoms with Crippen molar-refractivity contribution in [3.63, 3.8) is 0 Å². The summed E-state index contributed by atoms with van der Waals surface area (Å²) in [4.78, 5) is 17.6. The number of hydrogen-bond acceptors (Lipinski definition) is 5. The highest BCUT2D eigenvalue weighted by atomic mass is 32.1. The summed E-state index contributed by atoms with van der Waals surface area (Å²) in [6.07, 6.45) is 2.21. The van der Waals surface area contributed by atoms with Crippen LogP contribution in [0.4, 0.5) is 0 Å². The van der Waals surface area contributed by atoms with Crippen molar-refractivity contribution >= 4 is 23.1 Å². The molecule has 0 spiro atoms. The minimum absolute atomic E-state index is 0.0879. The lowest BCUT2D eigenvalue weighted by atomic mass is 9.85. The predicted octanol–water partition coefficient (Wildman–Crippen LogP) is 1.79. The highest BCUT2D eigenvalue weighted by Gasteiger charge is 2.37. The summed E-state index contributed by atoms with van der Waals surface area (Å²) >= 11 is 1.53. The number of thiazole rings is 1. The molecule has 0 saturated carbocycles. The smallest absolute Gasteiger partial charge is 0.234 e. The SMILES string of the molecule is CCC(C)(C(=O)NC(C)c1ncc(C)s1)/C(N)=N/O. The van der Waals surface area contributed by atoms with Crippen LogP contribution in [0, 0.1) is 12.3 Å². The zero-order valence-electron chi connectivity index (χ0n) is 11.6. The van der Waals surface area contributed by atoms with Gasteiger partial charge in [0, 0.05) is 11.1 Å². The first-order chi connectivity index (χ1) is 8.85. The van der Waals surface area contributed by atoms with Gasteiger partial charge in [-0.15, -0.1) is 11.3 Å². The number of aryl methyl sites for hydroxylation is 1. The Labute approximate surface area is 116 Å². The van der Waals surface area contributed by atoms with Crippen molar-refractivity contribution in [3.05, 3.63) is 16.1 Å². The third-order valence-corrected chi connectivity index (χ3v) is 4.33. The standard InChI is InChI=1S/C12H20N4O2S/c1-5-12(4,10(13)16-18)11(17)15-8(3)9-14-6-7(2)19-9/h6,8,18H,5H2,1-4H3,(H2,13,16)(H,15,17). The van der Waals surface area contributed by atoms with E-state index >= 15 is 0 Å². The topological polar surface area (TPSA) is 101 Å². The lowest BCUT2D eigenvalue weighted by molar-refractivity contribution is -0.127. The van der Waals surface area contributed by atoms with Gasteiger partial charge in [-0.3, -0.25) is 4.79 Å². The maximum Gasteiger partial charge on any atom is 0.234 e. The van der Waals surface area contributed by atoms with E-state index in [-0.39, 0.29) is 17.8 Å². The molecule has 0 aliphatic carbocycles. The summed E-state index contributed by atoms with van der Waals surface area (Å²) in [7, 11) is 0. The Morgan fingerprint density at radius 2 is 2.37 bits per heavy atom. The lowest BCUT2D eigenvalue weighted by Gasteiger charge is -2.26. The largest absolute Gasteiger partial charge is 0.409 e. The number of amides is 1. The summed E-state index contributed by atoms with van der Waals surface area (Å²) in [5, 5.41) is 15.4. The molecule has 2 unspecified atom stereocenters. The van der Waals surface area contributed by atoms with Crippen molar-refractivity contribution in [1.29, 1.82) is 0 Å². The van der Waals surface area contributed by atoms with Crippen molar-refractivity contribution in [2.45, 2.75) is 40.2 Å². The van der Waals surface area contributed by atoms with Gasteiger partial charge in [-0.2, -0.15) is 0 Å². The second kappa shape index (κ2) is 6.01. The van der Waals surface area contributed by atoms with Gasteiger partial charge in [0.15, 0.2) is 5.84 Å². The first-order valence-electron chi connectivity index (χ1n) is 6.06. The Balaban J connectivity index is 2.84. The van der Waals surface area contributed by atoms with Crippen LogP contribution in [0.15, 0.2) is 11.4 Å². The molecule has 0 aliphatic rings. The van der Waals surface area contributed by atoms with E-state index in [9.17, 15) is 4.79 Å². The first kappa shape index (κ1) is 15.4. The van der Waals surface area contributed by atoms with Gasteiger partial charge < -0.3 is 16.3 Å². The maximum atomic E-state index is 12.3. The van der Waals surface area contributed by atoms with E-state index in [4.69, 9.17) is 10.9 Å². The summed E-state index contributed by atoms with van der Waals surface area (Å²) < 4.78 is 0. The van der Waals surface area contributed by atoms with Gasteiger partial charge in [0.05, 0.1) is 6.04 Å². The number of hydrogen-bond donors (Lipinski definition) is 3. The van der Waals surface area contributed by atoms with Gasteiger partial charge in [-0.1, -0.05) is 12.1 Å². The van der Waals surface area contributed by atoms with Crippen LogP contribution in [0.2, 0.25) is 0 Å². The molecule has 6 nitrogen and oxygen atoms in total. The minimum atomic E-state index is -1.02. The van der Waals surface area contributed by atoms with E-state index in [0.717, 1.165) is 9.88 Å². The molecule has 7 heteroatoms. The number of nitrogens with one attached hydrogen (secondary N) is 1. The number of aromatic nitrogens is 1. The minimum Gasteiger partial charge on any atom is -0.409 e. The van der Waals surface area contributed by atoms with E-state index in [1.807, 2.05) is 20.8 Å². The molecule has 0 radical (unpaired) electrons. The number of oxime groups is 1. The monoisotopic (exact) mass is 284 g/mol. The number of carbonyl (C=O) groups is 1. The summed E-state index contributed by atoms with van der Waals surface area (Å²) in [5.41, 5.74) is 4.59. The molecule has 19 heavy (non-hydrogen) atoms. The first-order valence-corrected chi connectivity index (χ1v) is 6.88. The molecule has 4 N–H and O–H groups in total. The second-order valence-electron chi connectivity index (χ2n) is 4.68. The summed E-state index contributed by atoms with van der Waals surface area (Å²) in [6, 6.07) is -0.205. The highest BCUT2D eigenvalue weighted by molar-refractivity contribution is 7.11. The van der Waals surface area contributed by atoms with Gasteiger partial charge in [0.25, 0.3) is 0 Å². The van der Waals surface area contributed by atoms with Gasteiger partial charge in [-0.05, 0) is 27.2 Å². The predicted molar refractivity (Wildman–Crippen MR) is 75.2 cm³/mol. The molecule has 106 valence electrons. The molecule has 0 aliphatic heterocycles. The average Bonchev–Trinajstić information content (AvgIpc) is 2.83. The molecule has 1 heterocycles. The van der Waals surface area contributed by atoms with Crippen molar-refractivity contribution < 1.29 is 10.0 Å². The van der Waals surface area contributed by atoms with Crippen LogP contribution in [-0.2, 0) is 4.79 Å². The molecule has 0 aromatic carbocycles. The van der Waals surface area contributed by atoms with Crippen LogP contribution in [-0.4, -0.2) is 21.9 Å². The number of nitrogens with zero attached hydrogens (tertiary/aromatic N) is 2. The third kappa shape index (κ3) is 3.23. The van der Waals surface area contributed by atoms with Crippen molar-refractivity contribution in [2.24, 2.45) is 16.3 Å². The molecule has 1 aromatic rings. The molecule has 1 aromatic heterocycles. The van der Waals surface area contributed by atoms with E-state index in [1.54, 1.807) is 13.1 Å². The lowest BCUT2D eigenvalue weighted by Crippen LogP contribution is -2.48. The van der Waals surface area contributed by atoms with Gasteiger partial charge in [-0.25, -0.2) is 4.98 Å². The van der Waals surface area contributed by atoms with Crippen LogP contribution in [0.1, 0.15) is 43.1 Å². The van der Waals surface area contributed by atoms with Crippen LogP contribution < -0.4 is 11.1 Å². The van der Waals surface area contributed by atoms with E-state index in [0.29, 0.717) is 6.42 Å². The highest BCUT2D eigenvalue weighted by Crippen LogP contribution is 2.25. The summed E-state index contributed by atoms with van der Waals surface area (Å²) in [6.45, 7) is 7.29. The Hall–Kier alpha value is -1.63. The number of nitrogens with two attached hydrogens (primary N) is 1. The van der Waals surface area contributed by atoms with Crippen LogP contribution in [0.25, 0.3) is 0 Å². The van der Waals surface area contributed by atoms with E-state index in [1.165, 1.54) is 11.3 Å².